The molecular weight excluding hydrogens is 354 g/mol. The number of nitrogens with zero attached hydrogens (tertiary/aromatic N) is 5. The number of carbonyl (C=O) groups is 2. The van der Waals surface area contributed by atoms with Crippen LogP contribution in [0.4, 0.5) is 11.4 Å². The van der Waals surface area contributed by atoms with E-state index in [4.69, 9.17) is 5.11 Å². The van der Waals surface area contributed by atoms with Crippen LogP contribution in [0.25, 0.3) is 0 Å². The first-order valence-electron chi connectivity index (χ1n) is 8.33. The van der Waals surface area contributed by atoms with Gasteiger partial charge in [-0.3, -0.25) is 9.48 Å². The summed E-state index contributed by atoms with van der Waals surface area (Å²) in [5.41, 5.74) is 3.04. The third kappa shape index (κ3) is 2.84. The number of piperidine rings is 1. The summed E-state index contributed by atoms with van der Waals surface area (Å²) in [6.07, 6.45) is 2.88. The minimum absolute atomic E-state index is 0.0123. The average molecular weight is 371 g/mol. The van der Waals surface area contributed by atoms with Crippen molar-refractivity contribution in [1.82, 2.24) is 14.7 Å². The number of carboxylic acids is 1. The van der Waals surface area contributed by atoms with Crippen LogP contribution in [0.3, 0.4) is 0 Å². The van der Waals surface area contributed by atoms with Crippen LogP contribution in [0, 0.1) is 6.92 Å². The van der Waals surface area contributed by atoms with Crippen LogP contribution in [0.5, 0.6) is 0 Å². The van der Waals surface area contributed by atoms with Gasteiger partial charge < -0.3 is 10.0 Å². The lowest BCUT2D eigenvalue weighted by atomic mass is 10.0. The average Bonchev–Trinajstić information content (AvgIpc) is 3.27. The Bertz CT molecular complexity index is 969. The molecule has 3 heterocycles. The summed E-state index contributed by atoms with van der Waals surface area (Å²) < 4.78 is 10.1. The van der Waals surface area contributed by atoms with E-state index in [1.165, 1.54) is 6.20 Å². The number of carbonyl (C=O) groups excluding carboxylic acids is 1. The lowest BCUT2D eigenvalue weighted by Crippen LogP contribution is -2.39. The molecule has 2 aliphatic rings. The van der Waals surface area contributed by atoms with Crippen molar-refractivity contribution in [3.8, 4) is 0 Å². The number of rotatable bonds is 3. The van der Waals surface area contributed by atoms with Crippen LogP contribution < -0.4 is 0 Å². The molecule has 1 fully saturated rings. The van der Waals surface area contributed by atoms with Crippen LogP contribution in [0.15, 0.2) is 33.1 Å². The zero-order valence-corrected chi connectivity index (χ0v) is 14.9. The zero-order chi connectivity index (χ0) is 18.3. The molecule has 4 rings (SSSR count). The normalized spacial score (nSPS) is 16.4. The number of likely N-dealkylation sites (tertiary alicyclic amines) is 1. The smallest absolute Gasteiger partial charge is 0.339 e. The van der Waals surface area contributed by atoms with Crippen LogP contribution >= 0.6 is 0 Å². The van der Waals surface area contributed by atoms with Crippen molar-refractivity contribution in [1.29, 1.82) is 0 Å². The maximum Gasteiger partial charge on any atom is 0.339 e. The quantitative estimate of drug-likeness (QED) is 0.764. The molecule has 0 radical (unpaired) electrons. The lowest BCUT2D eigenvalue weighted by Gasteiger charge is -2.32. The third-order valence-corrected chi connectivity index (χ3v) is 5.43. The van der Waals surface area contributed by atoms with Gasteiger partial charge in [0.05, 0.1) is 29.3 Å². The minimum Gasteiger partial charge on any atom is -0.478 e. The lowest BCUT2D eigenvalue weighted by molar-refractivity contribution is 0.0688. The number of hydrogen-bond acceptors (Lipinski definition) is 5. The molecule has 134 valence electrons. The maximum absolute atomic E-state index is 12.7. The molecule has 0 spiro atoms. The van der Waals surface area contributed by atoms with Gasteiger partial charge in [-0.25, -0.2) is 4.79 Å². The monoisotopic (exact) mass is 371 g/mol. The Morgan fingerprint density at radius 3 is 2.62 bits per heavy atom. The first-order valence-corrected chi connectivity index (χ1v) is 9.06. The number of benzene rings is 1. The Morgan fingerprint density at radius 2 is 1.92 bits per heavy atom. The Morgan fingerprint density at radius 1 is 1.19 bits per heavy atom. The number of amides is 1. The zero-order valence-electron chi connectivity index (χ0n) is 14.1. The van der Waals surface area contributed by atoms with Gasteiger partial charge in [0, 0.05) is 18.7 Å². The molecule has 1 aromatic heterocycles. The predicted octanol–water partition coefficient (Wildman–Crippen LogP) is 3.09. The van der Waals surface area contributed by atoms with E-state index in [0.29, 0.717) is 24.3 Å². The number of carboxylic acid groups (broad SMARTS) is 1. The molecule has 1 saturated heterocycles. The highest BCUT2D eigenvalue weighted by atomic mass is 32.1. The topological polar surface area (TPSA) is 100 Å². The van der Waals surface area contributed by atoms with E-state index in [2.05, 4.69) is 13.8 Å². The van der Waals surface area contributed by atoms with Crippen molar-refractivity contribution in [2.45, 2.75) is 25.8 Å². The highest BCUT2D eigenvalue weighted by Crippen LogP contribution is 2.33. The fourth-order valence-electron chi connectivity index (χ4n) is 3.41. The van der Waals surface area contributed by atoms with Gasteiger partial charge >= 0.3 is 5.97 Å². The minimum atomic E-state index is -0.965. The number of aromatic nitrogens is 2. The molecular formula is C17H17N5O3S. The van der Waals surface area contributed by atoms with Gasteiger partial charge in [-0.1, -0.05) is 0 Å². The van der Waals surface area contributed by atoms with E-state index in [9.17, 15) is 9.59 Å². The molecule has 0 unspecified atom stereocenters. The molecule has 9 heteroatoms. The fourth-order valence-corrected chi connectivity index (χ4v) is 3.93. The number of hydrogen-bond donors (Lipinski definition) is 1. The summed E-state index contributed by atoms with van der Waals surface area (Å²) in [5, 5.41) is 13.4. The van der Waals surface area contributed by atoms with Gasteiger partial charge in [0.25, 0.3) is 5.91 Å². The van der Waals surface area contributed by atoms with Crippen molar-refractivity contribution in [2.75, 3.05) is 13.1 Å². The molecule has 2 aromatic rings. The van der Waals surface area contributed by atoms with Gasteiger partial charge in [-0.15, -0.1) is 0 Å². The Hall–Kier alpha value is -2.81. The highest BCUT2D eigenvalue weighted by Gasteiger charge is 2.27. The Labute approximate surface area is 153 Å². The van der Waals surface area contributed by atoms with Crippen LogP contribution in [0.1, 0.15) is 45.3 Å². The van der Waals surface area contributed by atoms with Crippen LogP contribution in [-0.4, -0.2) is 44.8 Å². The molecule has 0 aliphatic carbocycles. The Balaban J connectivity index is 1.44. The molecule has 8 nitrogen and oxygen atoms in total. The van der Waals surface area contributed by atoms with Crippen molar-refractivity contribution in [2.24, 2.45) is 8.73 Å². The molecule has 1 N–H and O–H groups in total. The van der Waals surface area contributed by atoms with E-state index < -0.39 is 5.97 Å². The molecule has 1 amide bonds. The van der Waals surface area contributed by atoms with Crippen LogP contribution in [-0.2, 0) is 11.4 Å². The van der Waals surface area contributed by atoms with Crippen molar-refractivity contribution < 1.29 is 14.7 Å². The molecule has 0 saturated carbocycles. The van der Waals surface area contributed by atoms with Gasteiger partial charge in [-0.2, -0.15) is 13.8 Å². The standard InChI is InChI=1S/C17H17N5O3S/c1-10-13(17(24)25)9-18-22(10)12-4-6-21(7-5-12)16(23)11-2-3-14-15(8-11)20-26-19-14/h2-3,8-9,12H,4-7H2,1H3,(H,24,25). The first kappa shape index (κ1) is 16.6. The van der Waals surface area contributed by atoms with Gasteiger partial charge in [0.15, 0.2) is 0 Å². The molecule has 0 atom stereocenters. The summed E-state index contributed by atoms with van der Waals surface area (Å²) >= 11 is 1.14. The summed E-state index contributed by atoms with van der Waals surface area (Å²) in [7, 11) is 0. The van der Waals surface area contributed by atoms with Gasteiger partial charge in [-0.05, 0) is 38.0 Å². The molecule has 26 heavy (non-hydrogen) atoms. The summed E-state index contributed by atoms with van der Waals surface area (Å²) in [6.45, 7) is 2.99. The fraction of sp³-hybridized carbons (Fsp3) is 0.353. The van der Waals surface area contributed by atoms with Crippen LogP contribution in [0.2, 0.25) is 0 Å². The summed E-state index contributed by atoms with van der Waals surface area (Å²) in [6, 6.07) is 5.50. The van der Waals surface area contributed by atoms with E-state index in [-0.39, 0.29) is 17.5 Å². The second kappa shape index (κ2) is 6.49. The third-order valence-electron chi connectivity index (χ3n) is 4.87. The second-order valence-corrected chi connectivity index (χ2v) is 6.91. The summed E-state index contributed by atoms with van der Waals surface area (Å²) in [5.74, 6) is -0.977. The highest BCUT2D eigenvalue weighted by molar-refractivity contribution is 7.58. The van der Waals surface area contributed by atoms with Crippen molar-refractivity contribution in [3.63, 3.8) is 0 Å². The molecule has 0 bridgehead atoms. The van der Waals surface area contributed by atoms with E-state index in [1.54, 1.807) is 23.7 Å². The predicted molar refractivity (Wildman–Crippen MR) is 96.1 cm³/mol. The van der Waals surface area contributed by atoms with Gasteiger partial charge in [0.2, 0.25) is 0 Å². The van der Waals surface area contributed by atoms with E-state index >= 15 is 0 Å². The van der Waals surface area contributed by atoms with Crippen molar-refractivity contribution in [3.05, 3.63) is 41.2 Å². The molecule has 2 aliphatic heterocycles. The maximum atomic E-state index is 12.7. The largest absolute Gasteiger partial charge is 0.478 e. The van der Waals surface area contributed by atoms with Gasteiger partial charge in [0.1, 0.15) is 16.9 Å². The van der Waals surface area contributed by atoms with E-state index in [1.807, 2.05) is 11.0 Å². The summed E-state index contributed by atoms with van der Waals surface area (Å²) in [4.78, 5) is 25.8. The SMILES string of the molecule is Cc1c(C(=O)O)cnn1C1CCN(C(=O)c2ccc3c(c2)N=S=N3)CC1. The second-order valence-electron chi connectivity index (χ2n) is 6.38. The Kier molecular flexibility index (Phi) is 4.15. The number of fused-ring (bicyclic) bond motifs is 1. The van der Waals surface area contributed by atoms with E-state index in [0.717, 1.165) is 35.6 Å². The number of aromatic carboxylic acids is 1. The van der Waals surface area contributed by atoms with Crippen molar-refractivity contribution >= 4 is 34.6 Å². The first-order chi connectivity index (χ1) is 12.5. The molecule has 1 aromatic carbocycles.